The second kappa shape index (κ2) is 6.66. The van der Waals surface area contributed by atoms with Crippen molar-refractivity contribution < 1.29 is 35.9 Å². The maximum Gasteiger partial charge on any atom is 0.416 e. The highest BCUT2D eigenvalue weighted by atomic mass is 35.5. The number of ketones is 2. The molecule has 0 saturated heterocycles. The number of fused-ring (bicyclic) bond motifs is 1. The molecule has 0 aliphatic heterocycles. The summed E-state index contributed by atoms with van der Waals surface area (Å²) < 4.78 is 77.8. The van der Waals surface area contributed by atoms with Crippen molar-refractivity contribution in [1.29, 1.82) is 0 Å². The fraction of sp³-hybridized carbons (Fsp3) is 0.111. The lowest BCUT2D eigenvalue weighted by Crippen LogP contribution is -2.24. The molecule has 0 unspecified atom stereocenters. The van der Waals surface area contributed by atoms with Gasteiger partial charge in [-0.3, -0.25) is 9.59 Å². The third-order valence-corrected chi connectivity index (χ3v) is 4.28. The molecule has 1 N–H and O–H groups in total. The van der Waals surface area contributed by atoms with Crippen LogP contribution < -0.4 is 5.32 Å². The highest BCUT2D eigenvalue weighted by molar-refractivity contribution is 6.50. The molecule has 0 fully saturated rings. The first kappa shape index (κ1) is 19.9. The van der Waals surface area contributed by atoms with E-state index in [0.29, 0.717) is 12.1 Å². The zero-order valence-electron chi connectivity index (χ0n) is 13.5. The van der Waals surface area contributed by atoms with Crippen LogP contribution in [0.2, 0.25) is 0 Å². The lowest BCUT2D eigenvalue weighted by Gasteiger charge is -2.20. The Balaban J connectivity index is 2.10. The van der Waals surface area contributed by atoms with Gasteiger partial charge in [-0.25, -0.2) is 0 Å². The molecule has 1 aliphatic rings. The Morgan fingerprint density at radius 3 is 1.68 bits per heavy atom. The molecular weight excluding hydrogens is 412 g/mol. The van der Waals surface area contributed by atoms with Gasteiger partial charge in [0.25, 0.3) is 0 Å². The largest absolute Gasteiger partial charge is 0.416 e. The summed E-state index contributed by atoms with van der Waals surface area (Å²) >= 11 is 5.87. The van der Waals surface area contributed by atoms with Crippen molar-refractivity contribution in [3.05, 3.63) is 75.4 Å². The van der Waals surface area contributed by atoms with Gasteiger partial charge < -0.3 is 5.32 Å². The molecule has 0 heterocycles. The van der Waals surface area contributed by atoms with Crippen LogP contribution >= 0.6 is 11.6 Å². The lowest BCUT2D eigenvalue weighted by atomic mass is 9.92. The van der Waals surface area contributed by atoms with E-state index in [1.807, 2.05) is 0 Å². The van der Waals surface area contributed by atoms with Gasteiger partial charge >= 0.3 is 12.4 Å². The van der Waals surface area contributed by atoms with Crippen molar-refractivity contribution in [2.75, 3.05) is 5.32 Å². The van der Waals surface area contributed by atoms with E-state index in [4.69, 9.17) is 11.6 Å². The average Bonchev–Trinajstić information content (AvgIpc) is 2.62. The minimum Gasteiger partial charge on any atom is -0.351 e. The fourth-order valence-electron chi connectivity index (χ4n) is 2.63. The van der Waals surface area contributed by atoms with Crippen LogP contribution in [0.4, 0.5) is 32.0 Å². The number of nitrogens with one attached hydrogen (secondary N) is 1. The summed E-state index contributed by atoms with van der Waals surface area (Å²) in [6.07, 6.45) is -10.1. The monoisotopic (exact) mass is 419 g/mol. The normalized spacial score (nSPS) is 15.0. The Morgan fingerprint density at radius 1 is 0.750 bits per heavy atom. The van der Waals surface area contributed by atoms with Crippen molar-refractivity contribution in [3.63, 3.8) is 0 Å². The molecule has 1 aliphatic carbocycles. The van der Waals surface area contributed by atoms with E-state index in [1.165, 1.54) is 24.3 Å². The first-order valence-corrected chi connectivity index (χ1v) is 7.92. The van der Waals surface area contributed by atoms with Crippen LogP contribution in [0.3, 0.4) is 0 Å². The molecule has 0 saturated carbocycles. The summed E-state index contributed by atoms with van der Waals surface area (Å²) in [5.41, 5.74) is -4.51. The lowest BCUT2D eigenvalue weighted by molar-refractivity contribution is -0.143. The summed E-state index contributed by atoms with van der Waals surface area (Å²) in [6, 6.07) is 6.30. The molecular formula is C18H8ClF6NO2. The molecule has 0 bridgehead atoms. The molecule has 146 valence electrons. The van der Waals surface area contributed by atoms with Crippen LogP contribution in [0.1, 0.15) is 31.8 Å². The second-order valence-corrected chi connectivity index (χ2v) is 6.19. The standard InChI is InChI=1S/C18H8ClF6NO2/c19-13-14(16(28)12-4-2-1-3-11(12)15(13)27)26-10-6-8(17(20,21)22)5-9(7-10)18(23,24)25/h1-7,26H. The summed E-state index contributed by atoms with van der Waals surface area (Å²) in [6.45, 7) is 0. The van der Waals surface area contributed by atoms with E-state index >= 15 is 0 Å². The highest BCUT2D eigenvalue weighted by Crippen LogP contribution is 2.38. The van der Waals surface area contributed by atoms with Gasteiger partial charge in [0.1, 0.15) is 10.7 Å². The van der Waals surface area contributed by atoms with Gasteiger partial charge in [0.15, 0.2) is 0 Å². The molecule has 0 amide bonds. The van der Waals surface area contributed by atoms with Crippen LogP contribution in [0.25, 0.3) is 0 Å². The smallest absolute Gasteiger partial charge is 0.351 e. The molecule has 0 aromatic heterocycles. The van der Waals surface area contributed by atoms with Gasteiger partial charge in [0, 0.05) is 16.8 Å². The Labute approximate surface area is 158 Å². The SMILES string of the molecule is O=C1C(Cl)=C(Nc2cc(C(F)(F)F)cc(C(F)(F)F)c2)C(=O)c2ccccc21. The molecule has 0 radical (unpaired) electrons. The van der Waals surface area contributed by atoms with Gasteiger partial charge in [0.05, 0.1) is 11.1 Å². The molecule has 10 heteroatoms. The van der Waals surface area contributed by atoms with Crippen LogP contribution in [0, 0.1) is 0 Å². The second-order valence-electron chi connectivity index (χ2n) is 5.81. The third kappa shape index (κ3) is 3.62. The van der Waals surface area contributed by atoms with E-state index < -0.39 is 51.5 Å². The number of Topliss-reactive ketones (excluding diaryl/α,β-unsaturated/α-hetero) is 2. The van der Waals surface area contributed by atoms with Crippen molar-refractivity contribution in [1.82, 2.24) is 0 Å². The molecule has 2 aromatic rings. The van der Waals surface area contributed by atoms with Crippen molar-refractivity contribution in [2.24, 2.45) is 0 Å². The first-order valence-electron chi connectivity index (χ1n) is 7.54. The number of rotatable bonds is 2. The molecule has 3 rings (SSSR count). The van der Waals surface area contributed by atoms with E-state index in [-0.39, 0.29) is 17.2 Å². The van der Waals surface area contributed by atoms with Gasteiger partial charge in [-0.1, -0.05) is 35.9 Å². The van der Waals surface area contributed by atoms with Gasteiger partial charge in [-0.2, -0.15) is 26.3 Å². The van der Waals surface area contributed by atoms with Crippen molar-refractivity contribution in [3.8, 4) is 0 Å². The number of hydrogen-bond acceptors (Lipinski definition) is 3. The van der Waals surface area contributed by atoms with Crippen LogP contribution in [-0.4, -0.2) is 11.6 Å². The van der Waals surface area contributed by atoms with E-state index in [2.05, 4.69) is 5.32 Å². The molecule has 2 aromatic carbocycles. The first-order chi connectivity index (χ1) is 12.9. The minimum absolute atomic E-state index is 0.0110. The summed E-state index contributed by atoms with van der Waals surface area (Å²) in [5.74, 6) is -1.60. The van der Waals surface area contributed by atoms with E-state index in [1.54, 1.807) is 0 Å². The number of benzene rings is 2. The molecule has 3 nitrogen and oxygen atoms in total. The number of carbonyl (C=O) groups excluding carboxylic acids is 2. The van der Waals surface area contributed by atoms with Gasteiger partial charge in [0.2, 0.25) is 11.6 Å². The number of carbonyl (C=O) groups is 2. The average molecular weight is 420 g/mol. The van der Waals surface area contributed by atoms with Crippen LogP contribution in [0.5, 0.6) is 0 Å². The Hall–Kier alpha value is -2.81. The number of halogens is 7. The zero-order chi connectivity index (χ0) is 20.9. The van der Waals surface area contributed by atoms with Gasteiger partial charge in [-0.15, -0.1) is 0 Å². The predicted molar refractivity (Wildman–Crippen MR) is 88.1 cm³/mol. The summed E-state index contributed by atoms with van der Waals surface area (Å²) in [5, 5.41) is 1.52. The maximum absolute atomic E-state index is 13.0. The minimum atomic E-state index is -5.06. The van der Waals surface area contributed by atoms with Crippen molar-refractivity contribution in [2.45, 2.75) is 12.4 Å². The third-order valence-electron chi connectivity index (χ3n) is 3.92. The Morgan fingerprint density at radius 2 is 1.21 bits per heavy atom. The molecule has 0 spiro atoms. The molecule has 0 atom stereocenters. The van der Waals surface area contributed by atoms with E-state index in [0.717, 1.165) is 0 Å². The highest BCUT2D eigenvalue weighted by Gasteiger charge is 2.38. The topological polar surface area (TPSA) is 46.2 Å². The van der Waals surface area contributed by atoms with E-state index in [9.17, 15) is 35.9 Å². The maximum atomic E-state index is 13.0. The summed E-state index contributed by atoms with van der Waals surface area (Å²) in [7, 11) is 0. The Bertz CT molecular complexity index is 991. The van der Waals surface area contributed by atoms with Gasteiger partial charge in [-0.05, 0) is 18.2 Å². The molecule has 28 heavy (non-hydrogen) atoms. The van der Waals surface area contributed by atoms with Crippen LogP contribution in [0.15, 0.2) is 53.2 Å². The number of allylic oxidation sites excluding steroid dienone is 2. The number of anilines is 1. The quantitative estimate of drug-likeness (QED) is 0.638. The zero-order valence-corrected chi connectivity index (χ0v) is 14.3. The summed E-state index contributed by atoms with van der Waals surface area (Å²) in [4.78, 5) is 24.8. The fourth-order valence-corrected chi connectivity index (χ4v) is 2.86. The Kier molecular flexibility index (Phi) is 4.74. The number of hydrogen-bond donors (Lipinski definition) is 1. The van der Waals surface area contributed by atoms with Crippen LogP contribution in [-0.2, 0) is 12.4 Å². The predicted octanol–water partition coefficient (Wildman–Crippen LogP) is 5.67. The number of alkyl halides is 6. The van der Waals surface area contributed by atoms with Crippen molar-refractivity contribution >= 4 is 28.9 Å².